The molecule has 1 N–H and O–H groups in total. The number of nitrogens with zero attached hydrogens (tertiary/aromatic N) is 1. The zero-order valence-electron chi connectivity index (χ0n) is 11.6. The highest BCUT2D eigenvalue weighted by atomic mass is 32.1. The summed E-state index contributed by atoms with van der Waals surface area (Å²) < 4.78 is 5.37. The van der Waals surface area contributed by atoms with Crippen LogP contribution in [0.3, 0.4) is 0 Å². The van der Waals surface area contributed by atoms with E-state index in [0.717, 1.165) is 17.0 Å². The summed E-state index contributed by atoms with van der Waals surface area (Å²) in [5.74, 6) is 0.804. The first-order chi connectivity index (χ1) is 10.4. The number of aryl methyl sites for hydroxylation is 1. The third-order valence-corrected chi connectivity index (χ3v) is 4.97. The second kappa shape index (κ2) is 5.37. The molecule has 4 heteroatoms. The Kier molecular flexibility index (Phi) is 3.24. The molecule has 0 spiro atoms. The normalized spacial score (nSPS) is 17.4. The van der Waals surface area contributed by atoms with Crippen LogP contribution in [-0.2, 0) is 6.42 Å². The summed E-state index contributed by atoms with van der Waals surface area (Å²) in [6.07, 6.45) is 6.89. The molecule has 1 unspecified atom stereocenters. The number of hydrogen-bond donors (Lipinski definition) is 1. The summed E-state index contributed by atoms with van der Waals surface area (Å²) >= 11 is 1.88. The number of benzene rings is 1. The minimum absolute atomic E-state index is 0.421. The zero-order valence-corrected chi connectivity index (χ0v) is 12.4. The minimum Gasteiger partial charge on any atom is -0.444 e. The first-order valence-electron chi connectivity index (χ1n) is 7.22. The lowest BCUT2D eigenvalue weighted by molar-refractivity contribution is 0.572. The monoisotopic (exact) mass is 296 g/mol. The highest BCUT2D eigenvalue weighted by molar-refractivity contribution is 7.10. The molecule has 1 atom stereocenters. The van der Waals surface area contributed by atoms with Gasteiger partial charge in [-0.15, -0.1) is 11.3 Å². The Labute approximate surface area is 127 Å². The third kappa shape index (κ3) is 2.47. The van der Waals surface area contributed by atoms with Crippen LogP contribution in [0, 0.1) is 0 Å². The first-order valence-corrected chi connectivity index (χ1v) is 8.10. The number of rotatable bonds is 3. The van der Waals surface area contributed by atoms with Crippen LogP contribution < -0.4 is 5.32 Å². The van der Waals surface area contributed by atoms with Gasteiger partial charge < -0.3 is 9.73 Å². The zero-order chi connectivity index (χ0) is 14.1. The largest absolute Gasteiger partial charge is 0.444 e. The van der Waals surface area contributed by atoms with Crippen molar-refractivity contribution in [2.24, 2.45) is 0 Å². The van der Waals surface area contributed by atoms with Crippen molar-refractivity contribution in [1.82, 2.24) is 4.98 Å². The van der Waals surface area contributed by atoms with Gasteiger partial charge in [-0.2, -0.15) is 0 Å². The van der Waals surface area contributed by atoms with E-state index < -0.39 is 0 Å². The maximum absolute atomic E-state index is 5.37. The fraction of sp³-hybridized carbons (Fsp3) is 0.235. The number of oxazole rings is 1. The number of nitrogens with one attached hydrogen (secondary N) is 1. The molecule has 3 nitrogen and oxygen atoms in total. The van der Waals surface area contributed by atoms with E-state index in [1.54, 1.807) is 6.20 Å². The summed E-state index contributed by atoms with van der Waals surface area (Å²) in [7, 11) is 0. The molecule has 0 saturated carbocycles. The van der Waals surface area contributed by atoms with Gasteiger partial charge in [-0.3, -0.25) is 0 Å². The molecule has 1 aromatic carbocycles. The predicted octanol–water partition coefficient (Wildman–Crippen LogP) is 4.89. The van der Waals surface area contributed by atoms with E-state index in [1.165, 1.54) is 36.1 Å². The number of anilines is 1. The van der Waals surface area contributed by atoms with Crippen LogP contribution in [-0.4, -0.2) is 4.98 Å². The summed E-state index contributed by atoms with van der Waals surface area (Å²) in [6.45, 7) is 0. The molecule has 2 heterocycles. The van der Waals surface area contributed by atoms with Crippen molar-refractivity contribution in [3.05, 3.63) is 58.7 Å². The Morgan fingerprint density at radius 1 is 1.29 bits per heavy atom. The predicted molar refractivity (Wildman–Crippen MR) is 85.6 cm³/mol. The quantitative estimate of drug-likeness (QED) is 0.747. The Morgan fingerprint density at radius 3 is 3.19 bits per heavy atom. The van der Waals surface area contributed by atoms with Gasteiger partial charge in [-0.25, -0.2) is 4.98 Å². The smallest absolute Gasteiger partial charge is 0.181 e. The molecule has 4 rings (SSSR count). The maximum atomic E-state index is 5.37. The second-order valence-electron chi connectivity index (χ2n) is 5.33. The molecule has 106 valence electrons. The Balaban J connectivity index is 1.60. The van der Waals surface area contributed by atoms with Crippen LogP contribution in [0.2, 0.25) is 0 Å². The van der Waals surface area contributed by atoms with Gasteiger partial charge in [0.1, 0.15) is 0 Å². The molecule has 1 aliphatic rings. The van der Waals surface area contributed by atoms with Gasteiger partial charge >= 0.3 is 0 Å². The van der Waals surface area contributed by atoms with Gasteiger partial charge in [-0.05, 0) is 48.4 Å². The summed E-state index contributed by atoms with van der Waals surface area (Å²) in [5, 5.41) is 5.87. The van der Waals surface area contributed by atoms with Crippen LogP contribution in [0.25, 0.3) is 11.3 Å². The first kappa shape index (κ1) is 12.7. The van der Waals surface area contributed by atoms with Crippen LogP contribution in [0.1, 0.15) is 29.3 Å². The summed E-state index contributed by atoms with van der Waals surface area (Å²) in [5.41, 5.74) is 3.66. The van der Waals surface area contributed by atoms with Crippen LogP contribution in [0.5, 0.6) is 0 Å². The maximum Gasteiger partial charge on any atom is 0.181 e. The fourth-order valence-electron chi connectivity index (χ4n) is 2.96. The van der Waals surface area contributed by atoms with Crippen LogP contribution >= 0.6 is 11.3 Å². The number of aromatic nitrogens is 1. The van der Waals surface area contributed by atoms with Crippen molar-refractivity contribution in [3.63, 3.8) is 0 Å². The van der Waals surface area contributed by atoms with Gasteiger partial charge in [0, 0.05) is 16.1 Å². The van der Waals surface area contributed by atoms with Gasteiger partial charge in [0.15, 0.2) is 12.2 Å². The lowest BCUT2D eigenvalue weighted by Crippen LogP contribution is -2.15. The van der Waals surface area contributed by atoms with Crippen molar-refractivity contribution in [3.8, 4) is 11.3 Å². The fourth-order valence-corrected chi connectivity index (χ4v) is 3.95. The van der Waals surface area contributed by atoms with E-state index in [9.17, 15) is 0 Å². The van der Waals surface area contributed by atoms with E-state index >= 15 is 0 Å². The number of thiophene rings is 1. The molecular weight excluding hydrogens is 280 g/mol. The molecular formula is C17H16N2OS. The van der Waals surface area contributed by atoms with E-state index in [0.29, 0.717) is 6.04 Å². The van der Waals surface area contributed by atoms with Crippen molar-refractivity contribution >= 4 is 17.0 Å². The topological polar surface area (TPSA) is 38.1 Å². The SMILES string of the molecule is c1cc(NC2CCCc3sccc32)cc(-c2cnco2)c1. The van der Waals surface area contributed by atoms with Gasteiger partial charge in [-0.1, -0.05) is 12.1 Å². The van der Waals surface area contributed by atoms with Gasteiger partial charge in [0.05, 0.1) is 12.2 Å². The minimum atomic E-state index is 0.421. The Bertz CT molecular complexity index is 733. The van der Waals surface area contributed by atoms with Gasteiger partial charge in [0.25, 0.3) is 0 Å². The molecule has 0 aliphatic heterocycles. The van der Waals surface area contributed by atoms with Crippen molar-refractivity contribution in [1.29, 1.82) is 0 Å². The van der Waals surface area contributed by atoms with Gasteiger partial charge in [0.2, 0.25) is 0 Å². The number of fused-ring (bicyclic) bond motifs is 1. The second-order valence-corrected chi connectivity index (χ2v) is 6.34. The third-order valence-electron chi connectivity index (χ3n) is 3.97. The molecule has 21 heavy (non-hydrogen) atoms. The molecule has 1 aliphatic carbocycles. The van der Waals surface area contributed by atoms with Crippen molar-refractivity contribution in [2.75, 3.05) is 5.32 Å². The van der Waals surface area contributed by atoms with Crippen LogP contribution in [0.15, 0.2) is 52.7 Å². The molecule has 2 aromatic heterocycles. The highest BCUT2D eigenvalue weighted by Crippen LogP contribution is 2.36. The molecule has 0 fully saturated rings. The molecule has 0 saturated heterocycles. The summed E-state index contributed by atoms with van der Waals surface area (Å²) in [4.78, 5) is 5.51. The highest BCUT2D eigenvalue weighted by Gasteiger charge is 2.21. The van der Waals surface area contributed by atoms with Crippen molar-refractivity contribution in [2.45, 2.75) is 25.3 Å². The van der Waals surface area contributed by atoms with Crippen LogP contribution in [0.4, 0.5) is 5.69 Å². The molecule has 0 bridgehead atoms. The van der Waals surface area contributed by atoms with E-state index in [2.05, 4.69) is 39.9 Å². The molecule has 0 radical (unpaired) electrons. The average Bonchev–Trinajstić information content (AvgIpc) is 3.20. The average molecular weight is 296 g/mol. The van der Waals surface area contributed by atoms with E-state index in [-0.39, 0.29) is 0 Å². The van der Waals surface area contributed by atoms with Crippen molar-refractivity contribution < 1.29 is 4.42 Å². The summed E-state index contributed by atoms with van der Waals surface area (Å²) in [6, 6.07) is 11.0. The van der Waals surface area contributed by atoms with E-state index in [1.807, 2.05) is 17.4 Å². The molecule has 0 amide bonds. The number of hydrogen-bond acceptors (Lipinski definition) is 4. The lowest BCUT2D eigenvalue weighted by atomic mass is 9.94. The van der Waals surface area contributed by atoms with E-state index in [4.69, 9.17) is 4.42 Å². The Hall–Kier alpha value is -2.07. The standard InChI is InChI=1S/C17H16N2OS/c1-3-12(16-10-18-11-20-16)9-13(4-1)19-15-5-2-6-17-14(15)7-8-21-17/h1,3-4,7-11,15,19H,2,5-6H2. The lowest BCUT2D eigenvalue weighted by Gasteiger charge is -2.24. The Morgan fingerprint density at radius 2 is 2.29 bits per heavy atom. The molecule has 3 aromatic rings.